The highest BCUT2D eigenvalue weighted by Gasteiger charge is 2.30. The van der Waals surface area contributed by atoms with Gasteiger partial charge in [-0.05, 0) is 31.0 Å². The highest BCUT2D eigenvalue weighted by molar-refractivity contribution is 7.17. The number of carbonyl (C=O) groups is 3. The second-order valence-electron chi connectivity index (χ2n) is 6.45. The van der Waals surface area contributed by atoms with Crippen molar-refractivity contribution in [3.8, 4) is 5.75 Å². The zero-order valence-electron chi connectivity index (χ0n) is 16.0. The van der Waals surface area contributed by atoms with Crippen molar-refractivity contribution in [1.29, 1.82) is 0 Å². The molecule has 1 unspecified atom stereocenters. The van der Waals surface area contributed by atoms with Crippen LogP contribution in [0.1, 0.15) is 34.6 Å². The minimum atomic E-state index is -0.749. The maximum absolute atomic E-state index is 12.6. The standard InChI is InChI=1S/C20H22N2O5S/c1-12(27-14-7-5-4-6-8-14)18(24)21-19-17(20(25)26-3)15-9-10-22(13(2)23)11-16(15)28-19/h4-8,12H,9-11H2,1-3H3,(H,21,24). The maximum atomic E-state index is 12.6. The summed E-state index contributed by atoms with van der Waals surface area (Å²) in [6, 6.07) is 9.04. The van der Waals surface area contributed by atoms with Crippen molar-refractivity contribution < 1.29 is 23.9 Å². The highest BCUT2D eigenvalue weighted by atomic mass is 32.1. The third-order valence-electron chi connectivity index (χ3n) is 4.55. The van der Waals surface area contributed by atoms with E-state index in [1.165, 1.54) is 25.4 Å². The van der Waals surface area contributed by atoms with Crippen LogP contribution in [-0.2, 0) is 27.3 Å². The van der Waals surface area contributed by atoms with Crippen molar-refractivity contribution >= 4 is 34.1 Å². The Morgan fingerprint density at radius 3 is 2.57 bits per heavy atom. The molecule has 2 heterocycles. The van der Waals surface area contributed by atoms with Gasteiger partial charge in [0, 0.05) is 18.3 Å². The van der Waals surface area contributed by atoms with E-state index in [1.54, 1.807) is 24.0 Å². The molecule has 7 nitrogen and oxygen atoms in total. The van der Waals surface area contributed by atoms with Gasteiger partial charge in [-0.3, -0.25) is 9.59 Å². The monoisotopic (exact) mass is 402 g/mol. The molecule has 0 bridgehead atoms. The fraction of sp³-hybridized carbons (Fsp3) is 0.350. The van der Waals surface area contributed by atoms with Crippen molar-refractivity contribution in [2.24, 2.45) is 0 Å². The molecule has 3 rings (SSSR count). The van der Waals surface area contributed by atoms with Crippen LogP contribution >= 0.6 is 11.3 Å². The van der Waals surface area contributed by atoms with Crippen LogP contribution in [0.5, 0.6) is 5.75 Å². The van der Waals surface area contributed by atoms with Crippen molar-refractivity contribution in [1.82, 2.24) is 4.90 Å². The normalized spacial score (nSPS) is 14.0. The van der Waals surface area contributed by atoms with E-state index in [9.17, 15) is 14.4 Å². The summed E-state index contributed by atoms with van der Waals surface area (Å²) in [7, 11) is 1.31. The minimum absolute atomic E-state index is 0.0193. The van der Waals surface area contributed by atoms with Crippen molar-refractivity contribution in [2.75, 3.05) is 19.0 Å². The number of methoxy groups -OCH3 is 1. The number of benzene rings is 1. The molecule has 0 spiro atoms. The van der Waals surface area contributed by atoms with Gasteiger partial charge in [0.25, 0.3) is 5.91 Å². The summed E-state index contributed by atoms with van der Waals surface area (Å²) < 4.78 is 10.6. The van der Waals surface area contributed by atoms with Gasteiger partial charge in [0.15, 0.2) is 6.10 Å². The van der Waals surface area contributed by atoms with Crippen LogP contribution in [0, 0.1) is 0 Å². The summed E-state index contributed by atoms with van der Waals surface area (Å²) in [6.07, 6.45) is -0.206. The zero-order valence-corrected chi connectivity index (χ0v) is 16.8. The molecule has 1 N–H and O–H groups in total. The number of anilines is 1. The highest BCUT2D eigenvalue weighted by Crippen LogP contribution is 2.37. The molecule has 2 aromatic rings. The lowest BCUT2D eigenvalue weighted by Gasteiger charge is -2.25. The van der Waals surface area contributed by atoms with E-state index in [1.807, 2.05) is 18.2 Å². The van der Waals surface area contributed by atoms with Gasteiger partial charge >= 0.3 is 5.97 Å². The Kier molecular flexibility index (Phi) is 5.99. The molecule has 28 heavy (non-hydrogen) atoms. The van der Waals surface area contributed by atoms with E-state index in [0.717, 1.165) is 10.4 Å². The van der Waals surface area contributed by atoms with Gasteiger partial charge in [-0.15, -0.1) is 11.3 Å². The Morgan fingerprint density at radius 1 is 1.21 bits per heavy atom. The topological polar surface area (TPSA) is 84.9 Å². The number of ether oxygens (including phenoxy) is 2. The third kappa shape index (κ3) is 4.17. The van der Waals surface area contributed by atoms with Gasteiger partial charge in [0.2, 0.25) is 5.91 Å². The van der Waals surface area contributed by atoms with Crippen LogP contribution in [0.25, 0.3) is 0 Å². The van der Waals surface area contributed by atoms with E-state index in [2.05, 4.69) is 5.32 Å². The number of esters is 1. The first-order valence-electron chi connectivity index (χ1n) is 8.91. The number of para-hydroxylation sites is 1. The summed E-state index contributed by atoms with van der Waals surface area (Å²) in [6.45, 7) is 4.12. The SMILES string of the molecule is COC(=O)c1c(NC(=O)C(C)Oc2ccccc2)sc2c1CCN(C(C)=O)C2. The first-order chi connectivity index (χ1) is 13.4. The summed E-state index contributed by atoms with van der Waals surface area (Å²) in [5.41, 5.74) is 1.20. The number of fused-ring (bicyclic) bond motifs is 1. The molecule has 148 valence electrons. The smallest absolute Gasteiger partial charge is 0.341 e. The molecule has 0 radical (unpaired) electrons. The molecule has 0 fully saturated rings. The second-order valence-corrected chi connectivity index (χ2v) is 7.56. The van der Waals surface area contributed by atoms with Gasteiger partial charge in [-0.2, -0.15) is 0 Å². The Morgan fingerprint density at radius 2 is 1.93 bits per heavy atom. The fourth-order valence-corrected chi connectivity index (χ4v) is 4.30. The average molecular weight is 402 g/mol. The Balaban J connectivity index is 1.82. The van der Waals surface area contributed by atoms with E-state index < -0.39 is 12.1 Å². The number of hydrogen-bond acceptors (Lipinski definition) is 6. The summed E-state index contributed by atoms with van der Waals surface area (Å²) in [5, 5.41) is 3.22. The lowest BCUT2D eigenvalue weighted by Crippen LogP contribution is -2.34. The van der Waals surface area contributed by atoms with Crippen LogP contribution in [0.2, 0.25) is 0 Å². The number of nitrogens with zero attached hydrogens (tertiary/aromatic N) is 1. The number of rotatable bonds is 5. The Bertz CT molecular complexity index is 894. The molecule has 1 aromatic carbocycles. The van der Waals surface area contributed by atoms with Gasteiger partial charge < -0.3 is 19.7 Å². The largest absolute Gasteiger partial charge is 0.481 e. The minimum Gasteiger partial charge on any atom is -0.481 e. The van der Waals surface area contributed by atoms with Crippen molar-refractivity contribution in [2.45, 2.75) is 32.9 Å². The summed E-state index contributed by atoms with van der Waals surface area (Å²) >= 11 is 1.30. The molecule has 2 amide bonds. The summed E-state index contributed by atoms with van der Waals surface area (Å²) in [4.78, 5) is 39.2. The van der Waals surface area contributed by atoms with Gasteiger partial charge in [-0.25, -0.2) is 4.79 Å². The predicted octanol–water partition coefficient (Wildman–Crippen LogP) is 2.85. The summed E-state index contributed by atoms with van der Waals surface area (Å²) in [5.74, 6) is -0.299. The quantitative estimate of drug-likeness (QED) is 0.778. The van der Waals surface area contributed by atoms with Gasteiger partial charge in [-0.1, -0.05) is 18.2 Å². The van der Waals surface area contributed by atoms with Gasteiger partial charge in [0.05, 0.1) is 19.2 Å². The molecule has 1 aromatic heterocycles. The molecule has 1 aliphatic rings. The van der Waals surface area contributed by atoms with Crippen LogP contribution in [0.3, 0.4) is 0 Å². The number of carbonyl (C=O) groups excluding carboxylic acids is 3. The van der Waals surface area contributed by atoms with E-state index >= 15 is 0 Å². The molecular formula is C20H22N2O5S. The number of nitrogens with one attached hydrogen (secondary N) is 1. The Hall–Kier alpha value is -2.87. The van der Waals surface area contributed by atoms with Gasteiger partial charge in [0.1, 0.15) is 10.8 Å². The van der Waals surface area contributed by atoms with Crippen molar-refractivity contribution in [3.63, 3.8) is 0 Å². The van der Waals surface area contributed by atoms with Crippen LogP contribution in [0.4, 0.5) is 5.00 Å². The Labute approximate surface area is 167 Å². The molecule has 0 aliphatic carbocycles. The van der Waals surface area contributed by atoms with E-state index in [0.29, 0.717) is 35.8 Å². The maximum Gasteiger partial charge on any atom is 0.341 e. The molecule has 0 saturated carbocycles. The van der Waals surface area contributed by atoms with E-state index in [-0.39, 0.29) is 11.8 Å². The lowest BCUT2D eigenvalue weighted by molar-refractivity contribution is -0.129. The predicted molar refractivity (Wildman–Crippen MR) is 106 cm³/mol. The number of thiophene rings is 1. The lowest BCUT2D eigenvalue weighted by atomic mass is 10.0. The molecule has 0 saturated heterocycles. The molecular weight excluding hydrogens is 380 g/mol. The number of amides is 2. The molecule has 1 aliphatic heterocycles. The zero-order chi connectivity index (χ0) is 20.3. The second kappa shape index (κ2) is 8.43. The van der Waals surface area contributed by atoms with Crippen LogP contribution < -0.4 is 10.1 Å². The van der Waals surface area contributed by atoms with E-state index in [4.69, 9.17) is 9.47 Å². The first-order valence-corrected chi connectivity index (χ1v) is 9.73. The molecule has 8 heteroatoms. The molecule has 1 atom stereocenters. The fourth-order valence-electron chi connectivity index (χ4n) is 3.05. The average Bonchev–Trinajstić information content (AvgIpc) is 3.04. The van der Waals surface area contributed by atoms with Crippen LogP contribution in [0.15, 0.2) is 30.3 Å². The first kappa shape index (κ1) is 19.9. The third-order valence-corrected chi connectivity index (χ3v) is 5.69. The number of hydrogen-bond donors (Lipinski definition) is 1. The van der Waals surface area contributed by atoms with Crippen molar-refractivity contribution in [3.05, 3.63) is 46.3 Å². The van der Waals surface area contributed by atoms with Crippen LogP contribution in [-0.4, -0.2) is 42.4 Å².